The van der Waals surface area contributed by atoms with Crippen molar-refractivity contribution < 1.29 is 4.79 Å². The van der Waals surface area contributed by atoms with Crippen LogP contribution in [0.2, 0.25) is 0 Å². The molecular formula is C12H14N4O. The maximum atomic E-state index is 11.4. The van der Waals surface area contributed by atoms with Gasteiger partial charge in [0.2, 0.25) is 0 Å². The highest BCUT2D eigenvalue weighted by Crippen LogP contribution is 2.11. The summed E-state index contributed by atoms with van der Waals surface area (Å²) in [5, 5.41) is 5.81. The summed E-state index contributed by atoms with van der Waals surface area (Å²) in [6.45, 7) is 0.650. The topological polar surface area (TPSA) is 69.8 Å². The molecule has 0 spiro atoms. The van der Waals surface area contributed by atoms with Crippen molar-refractivity contribution in [2.45, 2.75) is 6.54 Å². The number of rotatable bonds is 4. The Kier molecular flexibility index (Phi) is 3.40. The predicted octanol–water partition coefficient (Wildman–Crippen LogP) is 1.38. The van der Waals surface area contributed by atoms with Crippen LogP contribution in [0.3, 0.4) is 0 Å². The largest absolute Gasteiger partial charge is 0.379 e. The molecule has 0 aliphatic carbocycles. The molecule has 5 heteroatoms. The van der Waals surface area contributed by atoms with E-state index in [-0.39, 0.29) is 5.91 Å². The lowest BCUT2D eigenvalue weighted by atomic mass is 10.2. The number of nitrogens with one attached hydrogen (secondary N) is 3. The molecule has 1 amide bonds. The SMILES string of the molecule is CNC(=O)c1cccc(NCc2cnc[nH]2)c1. The average molecular weight is 230 g/mol. The summed E-state index contributed by atoms with van der Waals surface area (Å²) in [5.41, 5.74) is 2.54. The third kappa shape index (κ3) is 2.84. The first-order valence-electron chi connectivity index (χ1n) is 5.33. The van der Waals surface area contributed by atoms with Crippen LogP contribution < -0.4 is 10.6 Å². The van der Waals surface area contributed by atoms with Crippen molar-refractivity contribution in [2.24, 2.45) is 0 Å². The second-order valence-electron chi connectivity index (χ2n) is 3.59. The van der Waals surface area contributed by atoms with E-state index in [0.29, 0.717) is 12.1 Å². The molecule has 0 atom stereocenters. The summed E-state index contributed by atoms with van der Waals surface area (Å²) in [6.07, 6.45) is 3.40. The zero-order valence-corrected chi connectivity index (χ0v) is 9.53. The van der Waals surface area contributed by atoms with E-state index in [1.165, 1.54) is 0 Å². The molecule has 2 aromatic rings. The molecule has 2 rings (SSSR count). The number of carbonyl (C=O) groups is 1. The van der Waals surface area contributed by atoms with E-state index in [1.54, 1.807) is 25.6 Å². The summed E-state index contributed by atoms with van der Waals surface area (Å²) >= 11 is 0. The monoisotopic (exact) mass is 230 g/mol. The second-order valence-corrected chi connectivity index (χ2v) is 3.59. The summed E-state index contributed by atoms with van der Waals surface area (Å²) in [4.78, 5) is 18.4. The average Bonchev–Trinajstić information content (AvgIpc) is 2.89. The molecule has 3 N–H and O–H groups in total. The van der Waals surface area contributed by atoms with Gasteiger partial charge in [-0.3, -0.25) is 4.79 Å². The Balaban J connectivity index is 2.03. The molecule has 0 unspecified atom stereocenters. The molecule has 0 aliphatic heterocycles. The fraction of sp³-hybridized carbons (Fsp3) is 0.167. The van der Waals surface area contributed by atoms with Gasteiger partial charge in [0.15, 0.2) is 0 Å². The Morgan fingerprint density at radius 2 is 2.35 bits per heavy atom. The van der Waals surface area contributed by atoms with E-state index in [9.17, 15) is 4.79 Å². The van der Waals surface area contributed by atoms with Crippen LogP contribution in [0.25, 0.3) is 0 Å². The van der Waals surface area contributed by atoms with Crippen LogP contribution in [-0.2, 0) is 6.54 Å². The van der Waals surface area contributed by atoms with Gasteiger partial charge >= 0.3 is 0 Å². The number of amides is 1. The predicted molar refractivity (Wildman–Crippen MR) is 65.7 cm³/mol. The Morgan fingerprint density at radius 3 is 3.06 bits per heavy atom. The first-order valence-corrected chi connectivity index (χ1v) is 5.33. The minimum atomic E-state index is -0.0878. The van der Waals surface area contributed by atoms with E-state index >= 15 is 0 Å². The van der Waals surface area contributed by atoms with Crippen molar-refractivity contribution in [3.63, 3.8) is 0 Å². The maximum absolute atomic E-state index is 11.4. The molecule has 0 saturated carbocycles. The van der Waals surface area contributed by atoms with Gasteiger partial charge in [0.1, 0.15) is 0 Å². The zero-order valence-electron chi connectivity index (χ0n) is 9.53. The highest BCUT2D eigenvalue weighted by Gasteiger charge is 2.03. The van der Waals surface area contributed by atoms with Crippen molar-refractivity contribution in [1.82, 2.24) is 15.3 Å². The van der Waals surface area contributed by atoms with Crippen LogP contribution in [0.15, 0.2) is 36.8 Å². The van der Waals surface area contributed by atoms with Gasteiger partial charge in [-0.25, -0.2) is 4.98 Å². The summed E-state index contributed by atoms with van der Waals surface area (Å²) in [7, 11) is 1.62. The maximum Gasteiger partial charge on any atom is 0.251 e. The third-order valence-corrected chi connectivity index (χ3v) is 2.39. The number of anilines is 1. The Hall–Kier alpha value is -2.30. The highest BCUT2D eigenvalue weighted by molar-refractivity contribution is 5.94. The Morgan fingerprint density at radius 1 is 1.47 bits per heavy atom. The standard InChI is InChI=1S/C12H14N4O/c1-13-12(17)9-3-2-4-10(5-9)15-7-11-6-14-8-16-11/h2-6,8,15H,7H2,1H3,(H,13,17)(H,14,16). The van der Waals surface area contributed by atoms with Gasteiger partial charge in [-0.2, -0.15) is 0 Å². The lowest BCUT2D eigenvalue weighted by Crippen LogP contribution is -2.17. The number of hydrogen-bond donors (Lipinski definition) is 3. The molecule has 1 aromatic carbocycles. The van der Waals surface area contributed by atoms with Gasteiger partial charge in [0.05, 0.1) is 18.6 Å². The lowest BCUT2D eigenvalue weighted by molar-refractivity contribution is 0.0963. The molecule has 0 fully saturated rings. The number of aromatic amines is 1. The van der Waals surface area contributed by atoms with Gasteiger partial charge in [-0.1, -0.05) is 6.07 Å². The molecule has 0 aliphatic rings. The number of imidazole rings is 1. The normalized spacial score (nSPS) is 9.94. The molecule has 1 heterocycles. The lowest BCUT2D eigenvalue weighted by Gasteiger charge is -2.06. The van der Waals surface area contributed by atoms with Crippen LogP contribution in [0.5, 0.6) is 0 Å². The third-order valence-electron chi connectivity index (χ3n) is 2.39. The molecule has 5 nitrogen and oxygen atoms in total. The van der Waals surface area contributed by atoms with Crippen molar-refractivity contribution >= 4 is 11.6 Å². The first-order chi connectivity index (χ1) is 8.29. The number of nitrogens with zero attached hydrogens (tertiary/aromatic N) is 1. The van der Waals surface area contributed by atoms with Gasteiger partial charge in [0, 0.05) is 24.5 Å². The van der Waals surface area contributed by atoms with Gasteiger partial charge in [-0.15, -0.1) is 0 Å². The van der Waals surface area contributed by atoms with Crippen LogP contribution in [0.1, 0.15) is 16.1 Å². The minimum absolute atomic E-state index is 0.0878. The molecule has 88 valence electrons. The fourth-order valence-corrected chi connectivity index (χ4v) is 1.49. The zero-order chi connectivity index (χ0) is 12.1. The van der Waals surface area contributed by atoms with Crippen LogP contribution in [0, 0.1) is 0 Å². The molecule has 1 aromatic heterocycles. The van der Waals surface area contributed by atoms with Crippen LogP contribution in [0.4, 0.5) is 5.69 Å². The fourth-order valence-electron chi connectivity index (χ4n) is 1.49. The van der Waals surface area contributed by atoms with Gasteiger partial charge in [0.25, 0.3) is 5.91 Å². The Bertz CT molecular complexity index is 493. The quantitative estimate of drug-likeness (QED) is 0.743. The number of benzene rings is 1. The van der Waals surface area contributed by atoms with Crippen molar-refractivity contribution in [1.29, 1.82) is 0 Å². The van der Waals surface area contributed by atoms with Gasteiger partial charge in [-0.05, 0) is 18.2 Å². The number of H-pyrrole nitrogens is 1. The molecular weight excluding hydrogens is 216 g/mol. The summed E-state index contributed by atoms with van der Waals surface area (Å²) in [6, 6.07) is 7.36. The van der Waals surface area contributed by atoms with Gasteiger partial charge < -0.3 is 15.6 Å². The van der Waals surface area contributed by atoms with Crippen LogP contribution >= 0.6 is 0 Å². The number of hydrogen-bond acceptors (Lipinski definition) is 3. The summed E-state index contributed by atoms with van der Waals surface area (Å²) in [5.74, 6) is -0.0878. The smallest absolute Gasteiger partial charge is 0.251 e. The number of carbonyl (C=O) groups excluding carboxylic acids is 1. The second kappa shape index (κ2) is 5.16. The van der Waals surface area contributed by atoms with E-state index in [4.69, 9.17) is 0 Å². The Labute approximate surface area is 99.3 Å². The van der Waals surface area contributed by atoms with E-state index in [0.717, 1.165) is 11.4 Å². The first kappa shape index (κ1) is 11.2. The van der Waals surface area contributed by atoms with E-state index < -0.39 is 0 Å². The minimum Gasteiger partial charge on any atom is -0.379 e. The summed E-state index contributed by atoms with van der Waals surface area (Å²) < 4.78 is 0. The highest BCUT2D eigenvalue weighted by atomic mass is 16.1. The molecule has 0 bridgehead atoms. The van der Waals surface area contributed by atoms with Crippen molar-refractivity contribution in [3.05, 3.63) is 48.0 Å². The van der Waals surface area contributed by atoms with Crippen molar-refractivity contribution in [3.8, 4) is 0 Å². The van der Waals surface area contributed by atoms with E-state index in [2.05, 4.69) is 20.6 Å². The molecule has 0 saturated heterocycles. The molecule has 17 heavy (non-hydrogen) atoms. The number of aromatic nitrogens is 2. The molecule has 0 radical (unpaired) electrons. The van der Waals surface area contributed by atoms with E-state index in [1.807, 2.05) is 18.2 Å². The van der Waals surface area contributed by atoms with Crippen molar-refractivity contribution in [2.75, 3.05) is 12.4 Å². The van der Waals surface area contributed by atoms with Crippen LogP contribution in [-0.4, -0.2) is 22.9 Å².